The number of alkyl halides is 3. The summed E-state index contributed by atoms with van der Waals surface area (Å²) in [6, 6.07) is 2.05. The van der Waals surface area contributed by atoms with Crippen molar-refractivity contribution in [3.8, 4) is 0 Å². The SMILES string of the molecule is CCCc1cc2c(N3CCc4c(nc(C)nc4C(F)(F)F)C3)nc(Cl)nc2s1. The van der Waals surface area contributed by atoms with Gasteiger partial charge in [-0.05, 0) is 37.4 Å². The minimum absolute atomic E-state index is 0.111. The third-order valence-electron chi connectivity index (χ3n) is 4.64. The lowest BCUT2D eigenvalue weighted by atomic mass is 10.0. The standard InChI is InChI=1S/C18H17ClF3N5S/c1-3-4-10-7-12-15(25-17(19)26-16(12)28-10)27-6-5-11-13(8-27)23-9(2)24-14(11)18(20,21)22/h7H,3-6,8H2,1-2H3. The van der Waals surface area contributed by atoms with E-state index in [0.29, 0.717) is 18.1 Å². The van der Waals surface area contributed by atoms with Crippen molar-refractivity contribution in [2.75, 3.05) is 11.4 Å². The summed E-state index contributed by atoms with van der Waals surface area (Å²) in [6.07, 6.45) is -2.35. The van der Waals surface area contributed by atoms with E-state index in [-0.39, 0.29) is 29.6 Å². The van der Waals surface area contributed by atoms with Crippen LogP contribution in [0, 0.1) is 6.92 Å². The van der Waals surface area contributed by atoms with Gasteiger partial charge in [0.05, 0.1) is 17.6 Å². The molecular weight excluding hydrogens is 411 g/mol. The zero-order valence-electron chi connectivity index (χ0n) is 15.3. The molecule has 1 aliphatic rings. The molecule has 4 rings (SSSR count). The molecule has 0 amide bonds. The van der Waals surface area contributed by atoms with Crippen molar-refractivity contribution >= 4 is 39.0 Å². The first kappa shape index (κ1) is 19.3. The van der Waals surface area contributed by atoms with Crippen LogP contribution >= 0.6 is 22.9 Å². The second kappa shape index (κ2) is 7.11. The monoisotopic (exact) mass is 427 g/mol. The van der Waals surface area contributed by atoms with Crippen LogP contribution in [-0.4, -0.2) is 26.5 Å². The molecule has 0 radical (unpaired) electrons. The first-order valence-corrected chi connectivity index (χ1v) is 10.1. The van der Waals surface area contributed by atoms with E-state index in [4.69, 9.17) is 11.6 Å². The normalized spacial score (nSPS) is 14.6. The van der Waals surface area contributed by atoms with Crippen LogP contribution in [-0.2, 0) is 25.6 Å². The van der Waals surface area contributed by atoms with Gasteiger partial charge in [0.2, 0.25) is 5.28 Å². The van der Waals surface area contributed by atoms with Gasteiger partial charge in [-0.1, -0.05) is 13.3 Å². The smallest absolute Gasteiger partial charge is 0.350 e. The molecule has 0 atom stereocenters. The molecule has 0 unspecified atom stereocenters. The van der Waals surface area contributed by atoms with E-state index in [1.165, 1.54) is 11.8 Å². The molecule has 0 saturated heterocycles. The van der Waals surface area contributed by atoms with Gasteiger partial charge in [0, 0.05) is 17.0 Å². The van der Waals surface area contributed by atoms with E-state index in [2.05, 4.69) is 32.9 Å². The highest BCUT2D eigenvalue weighted by Gasteiger charge is 2.38. The molecule has 28 heavy (non-hydrogen) atoms. The maximum absolute atomic E-state index is 13.4. The van der Waals surface area contributed by atoms with Crippen molar-refractivity contribution in [2.45, 2.75) is 45.8 Å². The lowest BCUT2D eigenvalue weighted by Crippen LogP contribution is -2.34. The van der Waals surface area contributed by atoms with Gasteiger partial charge >= 0.3 is 6.18 Å². The molecule has 148 valence electrons. The number of aromatic nitrogens is 4. The lowest BCUT2D eigenvalue weighted by molar-refractivity contribution is -0.142. The maximum Gasteiger partial charge on any atom is 0.433 e. The predicted molar refractivity (Wildman–Crippen MR) is 103 cm³/mol. The Morgan fingerprint density at radius 2 is 2.00 bits per heavy atom. The molecule has 4 heterocycles. The van der Waals surface area contributed by atoms with Crippen molar-refractivity contribution in [3.63, 3.8) is 0 Å². The number of aryl methyl sites for hydroxylation is 2. The quantitative estimate of drug-likeness (QED) is 0.552. The van der Waals surface area contributed by atoms with Gasteiger partial charge in [-0.2, -0.15) is 18.2 Å². The molecule has 0 saturated carbocycles. The Morgan fingerprint density at radius 3 is 2.71 bits per heavy atom. The summed E-state index contributed by atoms with van der Waals surface area (Å²) in [5.74, 6) is 0.753. The Morgan fingerprint density at radius 1 is 1.21 bits per heavy atom. The van der Waals surface area contributed by atoms with Crippen molar-refractivity contribution < 1.29 is 13.2 Å². The molecule has 0 N–H and O–H groups in total. The van der Waals surface area contributed by atoms with Gasteiger partial charge in [-0.3, -0.25) is 0 Å². The first-order chi connectivity index (χ1) is 13.3. The van der Waals surface area contributed by atoms with Crippen LogP contribution in [0.4, 0.5) is 19.0 Å². The molecule has 0 bridgehead atoms. The van der Waals surface area contributed by atoms with Gasteiger partial charge in [0.1, 0.15) is 16.5 Å². The summed E-state index contributed by atoms with van der Waals surface area (Å²) in [6.45, 7) is 4.18. The van der Waals surface area contributed by atoms with Crippen LogP contribution in [0.3, 0.4) is 0 Å². The number of hydrogen-bond acceptors (Lipinski definition) is 6. The molecule has 0 aromatic carbocycles. The van der Waals surface area contributed by atoms with Crippen molar-refractivity contribution in [2.24, 2.45) is 0 Å². The molecule has 5 nitrogen and oxygen atoms in total. The number of fused-ring (bicyclic) bond motifs is 2. The Bertz CT molecular complexity index is 1050. The zero-order chi connectivity index (χ0) is 20.1. The van der Waals surface area contributed by atoms with E-state index in [0.717, 1.165) is 23.1 Å². The molecule has 0 spiro atoms. The molecule has 3 aromatic rings. The van der Waals surface area contributed by atoms with Crippen molar-refractivity contribution in [1.29, 1.82) is 0 Å². The first-order valence-electron chi connectivity index (χ1n) is 8.90. The lowest BCUT2D eigenvalue weighted by Gasteiger charge is -2.30. The second-order valence-electron chi connectivity index (χ2n) is 6.71. The summed E-state index contributed by atoms with van der Waals surface area (Å²) in [5, 5.41) is 1.01. The Hall–Kier alpha value is -2.00. The molecule has 10 heteroatoms. The van der Waals surface area contributed by atoms with E-state index in [1.807, 2.05) is 4.90 Å². The van der Waals surface area contributed by atoms with E-state index < -0.39 is 11.9 Å². The topological polar surface area (TPSA) is 54.8 Å². The van der Waals surface area contributed by atoms with Gasteiger partial charge < -0.3 is 4.90 Å². The predicted octanol–water partition coefficient (Wildman–Crippen LogP) is 4.98. The van der Waals surface area contributed by atoms with Gasteiger partial charge in [0.15, 0.2) is 5.69 Å². The van der Waals surface area contributed by atoms with Crippen LogP contribution in [0.5, 0.6) is 0 Å². The fourth-order valence-corrected chi connectivity index (χ4v) is 4.85. The highest BCUT2D eigenvalue weighted by Crippen LogP contribution is 2.37. The van der Waals surface area contributed by atoms with Gasteiger partial charge in [-0.25, -0.2) is 15.0 Å². The van der Waals surface area contributed by atoms with Gasteiger partial charge in [-0.15, -0.1) is 11.3 Å². The minimum Gasteiger partial charge on any atom is -0.350 e. The highest BCUT2D eigenvalue weighted by molar-refractivity contribution is 7.18. The molecule has 3 aromatic heterocycles. The number of rotatable bonds is 3. The van der Waals surface area contributed by atoms with Crippen LogP contribution in [0.1, 0.15) is 41.0 Å². The summed E-state index contributed by atoms with van der Waals surface area (Å²) >= 11 is 7.69. The number of hydrogen-bond donors (Lipinski definition) is 0. The Balaban J connectivity index is 1.77. The highest BCUT2D eigenvalue weighted by atomic mass is 35.5. The van der Waals surface area contributed by atoms with E-state index in [1.54, 1.807) is 11.3 Å². The van der Waals surface area contributed by atoms with E-state index in [9.17, 15) is 13.2 Å². The Kier molecular flexibility index (Phi) is 4.91. The van der Waals surface area contributed by atoms with Gasteiger partial charge in [0.25, 0.3) is 0 Å². The summed E-state index contributed by atoms with van der Waals surface area (Å²) in [5.41, 5.74) is -0.276. The fraction of sp³-hybridized carbons (Fsp3) is 0.444. The van der Waals surface area contributed by atoms with Crippen LogP contribution in [0.2, 0.25) is 5.28 Å². The fourth-order valence-electron chi connectivity index (χ4n) is 3.51. The van der Waals surface area contributed by atoms with Crippen molar-refractivity contribution in [3.05, 3.63) is 39.0 Å². The summed E-state index contributed by atoms with van der Waals surface area (Å²) in [4.78, 5) is 20.5. The van der Waals surface area contributed by atoms with Crippen LogP contribution in [0.15, 0.2) is 6.07 Å². The number of nitrogens with zero attached hydrogens (tertiary/aromatic N) is 5. The number of anilines is 1. The Labute approximate surface area is 168 Å². The third-order valence-corrected chi connectivity index (χ3v) is 5.90. The summed E-state index contributed by atoms with van der Waals surface area (Å²) < 4.78 is 40.1. The molecule has 0 aliphatic carbocycles. The average molecular weight is 428 g/mol. The number of halogens is 4. The second-order valence-corrected chi connectivity index (χ2v) is 8.17. The average Bonchev–Trinajstić information content (AvgIpc) is 3.01. The van der Waals surface area contributed by atoms with Crippen molar-refractivity contribution in [1.82, 2.24) is 19.9 Å². The number of thiophene rings is 1. The van der Waals surface area contributed by atoms with Crippen LogP contribution < -0.4 is 4.90 Å². The largest absolute Gasteiger partial charge is 0.433 e. The molecule has 0 fully saturated rings. The summed E-state index contributed by atoms with van der Waals surface area (Å²) in [7, 11) is 0. The van der Waals surface area contributed by atoms with Crippen LogP contribution in [0.25, 0.3) is 10.2 Å². The molecule has 1 aliphatic heterocycles. The molecular formula is C18H17ClF3N5S. The zero-order valence-corrected chi connectivity index (χ0v) is 16.8. The van der Waals surface area contributed by atoms with E-state index >= 15 is 0 Å². The maximum atomic E-state index is 13.4. The minimum atomic E-state index is -4.49. The third kappa shape index (κ3) is 3.53.